The van der Waals surface area contributed by atoms with Crippen LogP contribution >= 0.6 is 0 Å². The molecule has 3 heteroatoms. The Bertz CT molecular complexity index is 481. The highest BCUT2D eigenvalue weighted by Gasteiger charge is 1.86. The first-order chi connectivity index (χ1) is 7.86. The summed E-state index contributed by atoms with van der Waals surface area (Å²) >= 11 is 0. The molecule has 1 aromatic carbocycles. The fourth-order valence-corrected chi connectivity index (χ4v) is 1.34. The van der Waals surface area contributed by atoms with Gasteiger partial charge in [0.25, 0.3) is 0 Å². The maximum atomic E-state index is 8.39. The molecule has 3 nitrogen and oxygen atoms in total. The van der Waals surface area contributed by atoms with Gasteiger partial charge in [0.2, 0.25) is 0 Å². The second-order valence-corrected chi connectivity index (χ2v) is 3.26. The second kappa shape index (κ2) is 4.98. The third-order valence-corrected chi connectivity index (χ3v) is 2.10. The van der Waals surface area contributed by atoms with Gasteiger partial charge in [-0.25, -0.2) is 4.73 Å². The van der Waals surface area contributed by atoms with E-state index in [9.17, 15) is 0 Å². The van der Waals surface area contributed by atoms with Crippen LogP contribution in [0.4, 0.5) is 0 Å². The van der Waals surface area contributed by atoms with E-state index in [1.165, 1.54) is 5.39 Å². The van der Waals surface area contributed by atoms with Crippen LogP contribution in [0.5, 0.6) is 0 Å². The summed E-state index contributed by atoms with van der Waals surface area (Å²) in [4.78, 5) is 4.18. The number of hydrogen-bond acceptors (Lipinski definition) is 2. The quantitative estimate of drug-likeness (QED) is 0.582. The Morgan fingerprint density at radius 2 is 1.56 bits per heavy atom. The molecule has 2 heterocycles. The number of aromatic nitrogens is 2. The zero-order chi connectivity index (χ0) is 11.2. The van der Waals surface area contributed by atoms with E-state index in [2.05, 4.69) is 17.1 Å². The first-order valence-corrected chi connectivity index (χ1v) is 4.98. The molecule has 0 unspecified atom stereocenters. The van der Waals surface area contributed by atoms with Gasteiger partial charge in [-0.2, -0.15) is 0 Å². The molecule has 0 bridgehead atoms. The molecule has 0 aliphatic heterocycles. The largest absolute Gasteiger partial charge is 0.429 e. The minimum absolute atomic E-state index is 1.00. The summed E-state index contributed by atoms with van der Waals surface area (Å²) < 4.78 is 1.00. The van der Waals surface area contributed by atoms with Gasteiger partial charge in [-0.15, -0.1) is 0 Å². The van der Waals surface area contributed by atoms with Crippen molar-refractivity contribution < 1.29 is 5.21 Å². The highest BCUT2D eigenvalue weighted by Crippen LogP contribution is 2.07. The van der Waals surface area contributed by atoms with E-state index in [0.29, 0.717) is 0 Å². The molecular formula is C13H12N2O. The van der Waals surface area contributed by atoms with E-state index in [0.717, 1.165) is 10.2 Å². The van der Waals surface area contributed by atoms with E-state index in [1.54, 1.807) is 24.5 Å². The SMILES string of the molecule is On1cccc1.c1ccc2ncccc2c1. The Hall–Kier alpha value is -2.29. The van der Waals surface area contributed by atoms with Crippen molar-refractivity contribution in [3.05, 3.63) is 67.1 Å². The van der Waals surface area contributed by atoms with Crippen LogP contribution in [0.25, 0.3) is 10.9 Å². The molecule has 3 rings (SSSR count). The van der Waals surface area contributed by atoms with Gasteiger partial charge < -0.3 is 5.21 Å². The molecule has 16 heavy (non-hydrogen) atoms. The van der Waals surface area contributed by atoms with Crippen molar-refractivity contribution in [3.63, 3.8) is 0 Å². The van der Waals surface area contributed by atoms with Crippen LogP contribution in [0.3, 0.4) is 0 Å². The van der Waals surface area contributed by atoms with E-state index in [4.69, 9.17) is 5.21 Å². The molecule has 0 spiro atoms. The second-order valence-electron chi connectivity index (χ2n) is 3.26. The summed E-state index contributed by atoms with van der Waals surface area (Å²) in [6, 6.07) is 15.6. The highest BCUT2D eigenvalue weighted by atomic mass is 16.5. The van der Waals surface area contributed by atoms with Crippen LogP contribution in [-0.4, -0.2) is 14.9 Å². The summed E-state index contributed by atoms with van der Waals surface area (Å²) in [7, 11) is 0. The predicted molar refractivity (Wildman–Crippen MR) is 63.4 cm³/mol. The monoisotopic (exact) mass is 212 g/mol. The minimum atomic E-state index is 1.00. The van der Waals surface area contributed by atoms with Gasteiger partial charge in [-0.05, 0) is 24.3 Å². The maximum absolute atomic E-state index is 8.39. The number of nitrogens with zero attached hydrogens (tertiary/aromatic N) is 2. The zero-order valence-electron chi connectivity index (χ0n) is 8.69. The number of fused-ring (bicyclic) bond motifs is 1. The lowest BCUT2D eigenvalue weighted by Crippen LogP contribution is -1.78. The number of benzene rings is 1. The molecule has 2 aromatic heterocycles. The average molecular weight is 212 g/mol. The topological polar surface area (TPSA) is 38.0 Å². The van der Waals surface area contributed by atoms with E-state index in [1.807, 2.05) is 30.5 Å². The van der Waals surface area contributed by atoms with Gasteiger partial charge in [0.05, 0.1) is 5.52 Å². The van der Waals surface area contributed by atoms with Crippen molar-refractivity contribution in [1.29, 1.82) is 0 Å². The molecule has 0 aliphatic carbocycles. The fourth-order valence-electron chi connectivity index (χ4n) is 1.34. The van der Waals surface area contributed by atoms with Gasteiger partial charge in [-0.1, -0.05) is 24.3 Å². The number of hydrogen-bond donors (Lipinski definition) is 1. The normalized spacial score (nSPS) is 9.50. The molecule has 0 fully saturated rings. The molecule has 0 saturated carbocycles. The number of para-hydroxylation sites is 1. The van der Waals surface area contributed by atoms with Crippen molar-refractivity contribution in [1.82, 2.24) is 9.71 Å². The Labute approximate surface area is 93.6 Å². The first-order valence-electron chi connectivity index (χ1n) is 4.98. The van der Waals surface area contributed by atoms with E-state index < -0.39 is 0 Å². The Morgan fingerprint density at radius 1 is 0.875 bits per heavy atom. The standard InChI is InChI=1S/C9H7N.C4H5NO/c1-2-6-9-8(4-1)5-3-7-10-9;6-5-3-1-2-4-5/h1-7H;1-4,6H. The number of pyridine rings is 1. The van der Waals surface area contributed by atoms with Crippen LogP contribution in [-0.2, 0) is 0 Å². The van der Waals surface area contributed by atoms with Crippen LogP contribution in [0.15, 0.2) is 67.1 Å². The van der Waals surface area contributed by atoms with Gasteiger partial charge in [0.1, 0.15) is 0 Å². The third-order valence-electron chi connectivity index (χ3n) is 2.10. The number of rotatable bonds is 0. The Kier molecular flexibility index (Phi) is 3.18. The summed E-state index contributed by atoms with van der Waals surface area (Å²) in [6.07, 6.45) is 4.92. The molecule has 0 aliphatic rings. The van der Waals surface area contributed by atoms with Crippen LogP contribution < -0.4 is 0 Å². The van der Waals surface area contributed by atoms with Crippen LogP contribution in [0.1, 0.15) is 0 Å². The molecule has 0 saturated heterocycles. The summed E-state index contributed by atoms with van der Waals surface area (Å²) in [5.74, 6) is 0. The molecule has 80 valence electrons. The molecular weight excluding hydrogens is 200 g/mol. The van der Waals surface area contributed by atoms with Gasteiger partial charge in [0, 0.05) is 24.0 Å². The fraction of sp³-hybridized carbons (Fsp3) is 0. The Morgan fingerprint density at radius 3 is 2.19 bits per heavy atom. The lowest BCUT2D eigenvalue weighted by atomic mass is 10.2. The lowest BCUT2D eigenvalue weighted by molar-refractivity contribution is 0.187. The van der Waals surface area contributed by atoms with Crippen LogP contribution in [0, 0.1) is 0 Å². The average Bonchev–Trinajstić information content (AvgIpc) is 2.81. The minimum Gasteiger partial charge on any atom is -0.429 e. The molecule has 1 N–H and O–H groups in total. The van der Waals surface area contributed by atoms with Crippen molar-refractivity contribution in [2.24, 2.45) is 0 Å². The Balaban J connectivity index is 0.000000138. The third kappa shape index (κ3) is 2.60. The summed E-state index contributed by atoms with van der Waals surface area (Å²) in [5.41, 5.74) is 1.06. The van der Waals surface area contributed by atoms with Gasteiger partial charge in [-0.3, -0.25) is 4.98 Å². The summed E-state index contributed by atoms with van der Waals surface area (Å²) in [6.45, 7) is 0. The van der Waals surface area contributed by atoms with E-state index >= 15 is 0 Å². The summed E-state index contributed by atoms with van der Waals surface area (Å²) in [5, 5.41) is 9.59. The van der Waals surface area contributed by atoms with Crippen LogP contribution in [0.2, 0.25) is 0 Å². The first kappa shape index (κ1) is 10.2. The van der Waals surface area contributed by atoms with Crippen molar-refractivity contribution in [3.8, 4) is 0 Å². The van der Waals surface area contributed by atoms with Gasteiger partial charge >= 0.3 is 0 Å². The predicted octanol–water partition coefficient (Wildman–Crippen LogP) is 2.96. The molecule has 0 atom stereocenters. The molecule has 0 radical (unpaired) electrons. The molecule has 0 amide bonds. The molecule has 3 aromatic rings. The van der Waals surface area contributed by atoms with E-state index in [-0.39, 0.29) is 0 Å². The maximum Gasteiger partial charge on any atom is 0.0701 e. The van der Waals surface area contributed by atoms with Crippen molar-refractivity contribution >= 4 is 10.9 Å². The highest BCUT2D eigenvalue weighted by molar-refractivity contribution is 5.77. The lowest BCUT2D eigenvalue weighted by Gasteiger charge is -1.91. The van der Waals surface area contributed by atoms with Crippen molar-refractivity contribution in [2.45, 2.75) is 0 Å². The van der Waals surface area contributed by atoms with Crippen molar-refractivity contribution in [2.75, 3.05) is 0 Å². The smallest absolute Gasteiger partial charge is 0.0701 e. The van der Waals surface area contributed by atoms with Gasteiger partial charge in [0.15, 0.2) is 0 Å². The zero-order valence-corrected chi connectivity index (χ0v) is 8.69.